The Morgan fingerprint density at radius 3 is 2.54 bits per heavy atom. The maximum absolute atomic E-state index is 14.0. The lowest BCUT2D eigenvalue weighted by molar-refractivity contribution is -0.134. The van der Waals surface area contributed by atoms with Crippen LogP contribution in [-0.2, 0) is 17.9 Å². The monoisotopic (exact) mass is 473 g/mol. The zero-order chi connectivity index (χ0) is 24.4. The summed E-state index contributed by atoms with van der Waals surface area (Å²) >= 11 is 0. The SMILES string of the molecule is CCOc1ccccc1CN1C(=O)c2cc3ccccc3n2CC1(C)C(=O)NC1CCCCCC1. The highest BCUT2D eigenvalue weighted by molar-refractivity contribution is 6.03. The van der Waals surface area contributed by atoms with E-state index in [0.29, 0.717) is 25.4 Å². The van der Waals surface area contributed by atoms with Crippen LogP contribution in [0, 0.1) is 0 Å². The maximum Gasteiger partial charge on any atom is 0.271 e. The third-order valence-corrected chi connectivity index (χ3v) is 7.62. The van der Waals surface area contributed by atoms with E-state index >= 15 is 0 Å². The van der Waals surface area contributed by atoms with Gasteiger partial charge in [-0.1, -0.05) is 62.1 Å². The second-order valence-corrected chi connectivity index (χ2v) is 10.0. The number of carbonyl (C=O) groups excluding carboxylic acids is 2. The van der Waals surface area contributed by atoms with Gasteiger partial charge in [0.05, 0.1) is 19.7 Å². The molecule has 0 saturated heterocycles. The van der Waals surface area contributed by atoms with E-state index in [2.05, 4.69) is 5.32 Å². The molecule has 3 aromatic rings. The van der Waals surface area contributed by atoms with Crippen LogP contribution >= 0.6 is 0 Å². The predicted octanol–water partition coefficient (Wildman–Crippen LogP) is 5.29. The Bertz CT molecular complexity index is 1220. The number of rotatable bonds is 6. The first kappa shape index (κ1) is 23.5. The van der Waals surface area contributed by atoms with Crippen LogP contribution in [0.25, 0.3) is 10.9 Å². The summed E-state index contributed by atoms with van der Waals surface area (Å²) in [7, 11) is 0. The quantitative estimate of drug-likeness (QED) is 0.495. The van der Waals surface area contributed by atoms with Crippen molar-refractivity contribution in [2.75, 3.05) is 6.61 Å². The van der Waals surface area contributed by atoms with Gasteiger partial charge in [0.15, 0.2) is 0 Å². The Morgan fingerprint density at radius 1 is 1.06 bits per heavy atom. The highest BCUT2D eigenvalue weighted by atomic mass is 16.5. The van der Waals surface area contributed by atoms with Crippen molar-refractivity contribution in [3.8, 4) is 5.75 Å². The van der Waals surface area contributed by atoms with Crippen LogP contribution in [0.3, 0.4) is 0 Å². The molecule has 1 aliphatic carbocycles. The van der Waals surface area contributed by atoms with Crippen molar-refractivity contribution in [2.24, 2.45) is 0 Å². The minimum Gasteiger partial charge on any atom is -0.494 e. The van der Waals surface area contributed by atoms with E-state index in [4.69, 9.17) is 4.74 Å². The number of fused-ring (bicyclic) bond motifs is 3. The number of nitrogens with zero attached hydrogens (tertiary/aromatic N) is 2. The molecule has 6 nitrogen and oxygen atoms in total. The van der Waals surface area contributed by atoms with Crippen LogP contribution in [0.15, 0.2) is 54.6 Å². The van der Waals surface area contributed by atoms with Crippen LogP contribution in [0.4, 0.5) is 0 Å². The molecule has 35 heavy (non-hydrogen) atoms. The largest absolute Gasteiger partial charge is 0.494 e. The molecule has 6 heteroatoms. The molecular weight excluding hydrogens is 438 g/mol. The molecule has 184 valence electrons. The molecule has 1 unspecified atom stereocenters. The van der Waals surface area contributed by atoms with E-state index < -0.39 is 5.54 Å². The summed E-state index contributed by atoms with van der Waals surface area (Å²) in [5, 5.41) is 4.35. The van der Waals surface area contributed by atoms with E-state index in [9.17, 15) is 9.59 Å². The lowest BCUT2D eigenvalue weighted by Crippen LogP contribution is -2.64. The maximum atomic E-state index is 14.0. The van der Waals surface area contributed by atoms with Crippen LogP contribution in [-0.4, -0.2) is 39.5 Å². The van der Waals surface area contributed by atoms with Gasteiger partial charge >= 0.3 is 0 Å². The number of hydrogen-bond acceptors (Lipinski definition) is 3. The molecule has 5 rings (SSSR count). The van der Waals surface area contributed by atoms with Crippen LogP contribution in [0.2, 0.25) is 0 Å². The molecule has 0 radical (unpaired) electrons. The van der Waals surface area contributed by atoms with E-state index in [1.54, 1.807) is 4.90 Å². The molecule has 2 amide bonds. The van der Waals surface area contributed by atoms with Crippen molar-refractivity contribution in [2.45, 2.75) is 77.0 Å². The highest BCUT2D eigenvalue weighted by Gasteiger charge is 2.48. The Balaban J connectivity index is 1.54. The molecule has 2 aliphatic rings. The number of hydrogen-bond donors (Lipinski definition) is 1. The van der Waals surface area contributed by atoms with Crippen molar-refractivity contribution >= 4 is 22.7 Å². The number of ether oxygens (including phenoxy) is 1. The molecule has 1 aromatic heterocycles. The van der Waals surface area contributed by atoms with Gasteiger partial charge in [-0.25, -0.2) is 0 Å². The second kappa shape index (κ2) is 9.76. The summed E-state index contributed by atoms with van der Waals surface area (Å²) in [4.78, 5) is 29.7. The average molecular weight is 474 g/mol. The van der Waals surface area contributed by atoms with Crippen LogP contribution in [0.1, 0.15) is 68.4 Å². The van der Waals surface area contributed by atoms with Gasteiger partial charge in [0.2, 0.25) is 5.91 Å². The fourth-order valence-corrected chi connectivity index (χ4v) is 5.62. The number of benzene rings is 2. The van der Waals surface area contributed by atoms with Gasteiger partial charge in [-0.3, -0.25) is 9.59 Å². The number of aromatic nitrogens is 1. The third-order valence-electron chi connectivity index (χ3n) is 7.62. The molecule has 2 heterocycles. The molecule has 0 spiro atoms. The number of para-hydroxylation sites is 2. The minimum absolute atomic E-state index is 0.0740. The van der Waals surface area contributed by atoms with E-state index in [1.807, 2.05) is 73.0 Å². The van der Waals surface area contributed by atoms with E-state index in [1.165, 1.54) is 12.8 Å². The molecule has 2 aromatic carbocycles. The van der Waals surface area contributed by atoms with Gasteiger partial charge in [-0.15, -0.1) is 0 Å². The Morgan fingerprint density at radius 2 is 1.77 bits per heavy atom. The van der Waals surface area contributed by atoms with Gasteiger partial charge in [-0.2, -0.15) is 0 Å². The molecule has 1 aliphatic heterocycles. The number of amides is 2. The van der Waals surface area contributed by atoms with Crippen molar-refractivity contribution in [3.63, 3.8) is 0 Å². The van der Waals surface area contributed by atoms with Crippen molar-refractivity contribution in [3.05, 3.63) is 65.9 Å². The van der Waals surface area contributed by atoms with Crippen molar-refractivity contribution < 1.29 is 14.3 Å². The zero-order valence-electron chi connectivity index (χ0n) is 20.8. The smallest absolute Gasteiger partial charge is 0.271 e. The molecule has 1 saturated carbocycles. The van der Waals surface area contributed by atoms with Crippen molar-refractivity contribution in [1.29, 1.82) is 0 Å². The van der Waals surface area contributed by atoms with Crippen molar-refractivity contribution in [1.82, 2.24) is 14.8 Å². The summed E-state index contributed by atoms with van der Waals surface area (Å²) in [6.07, 6.45) is 6.72. The zero-order valence-corrected chi connectivity index (χ0v) is 20.8. The van der Waals surface area contributed by atoms with Crippen LogP contribution in [0.5, 0.6) is 5.75 Å². The summed E-state index contributed by atoms with van der Waals surface area (Å²) in [6, 6.07) is 17.9. The van der Waals surface area contributed by atoms with Crippen LogP contribution < -0.4 is 10.1 Å². The molecule has 1 fully saturated rings. The topological polar surface area (TPSA) is 63.6 Å². The van der Waals surface area contributed by atoms with Gasteiger partial charge in [-0.05, 0) is 44.9 Å². The summed E-state index contributed by atoms with van der Waals surface area (Å²) < 4.78 is 7.87. The molecular formula is C29H35N3O3. The number of nitrogens with one attached hydrogen (secondary N) is 1. The van der Waals surface area contributed by atoms with Gasteiger partial charge in [0.1, 0.15) is 17.0 Å². The first-order valence-electron chi connectivity index (χ1n) is 12.9. The third kappa shape index (κ3) is 4.42. The summed E-state index contributed by atoms with van der Waals surface area (Å²) in [5.74, 6) is 0.549. The Labute approximate surface area is 207 Å². The standard InChI is InChI=1S/C29H35N3O3/c1-3-35-26-17-11-9-13-22(26)19-32-27(33)25-18-21-12-8-10-16-24(21)31(25)20-29(32,2)28(34)30-23-14-6-4-5-7-15-23/h8-13,16-18,23H,3-7,14-15,19-20H2,1-2H3,(H,30,34). The first-order valence-corrected chi connectivity index (χ1v) is 12.9. The lowest BCUT2D eigenvalue weighted by atomic mass is 9.92. The molecule has 1 N–H and O–H groups in total. The molecule has 1 atom stereocenters. The van der Waals surface area contributed by atoms with E-state index in [-0.39, 0.29) is 17.9 Å². The van der Waals surface area contributed by atoms with Gasteiger partial charge < -0.3 is 19.5 Å². The van der Waals surface area contributed by atoms with Gasteiger partial charge in [0, 0.05) is 22.5 Å². The normalized spacial score (nSPS) is 21.0. The van der Waals surface area contributed by atoms with E-state index in [0.717, 1.165) is 47.9 Å². The van der Waals surface area contributed by atoms with Gasteiger partial charge in [0.25, 0.3) is 5.91 Å². The molecule has 0 bridgehead atoms. The predicted molar refractivity (Wildman–Crippen MR) is 137 cm³/mol. The lowest BCUT2D eigenvalue weighted by Gasteiger charge is -2.44. The Hall–Kier alpha value is -3.28. The average Bonchev–Trinajstić information content (AvgIpc) is 3.03. The minimum atomic E-state index is -1.03. The summed E-state index contributed by atoms with van der Waals surface area (Å²) in [5.41, 5.74) is 1.48. The highest BCUT2D eigenvalue weighted by Crippen LogP contribution is 2.35. The fraction of sp³-hybridized carbons (Fsp3) is 0.448. The fourth-order valence-electron chi connectivity index (χ4n) is 5.62. The first-order chi connectivity index (χ1) is 17.0. The Kier molecular flexibility index (Phi) is 6.54. The number of carbonyl (C=O) groups is 2. The second-order valence-electron chi connectivity index (χ2n) is 10.0. The summed E-state index contributed by atoms with van der Waals surface area (Å²) in [6.45, 7) is 5.13.